The number of nitrogens with one attached hydrogen (secondary N) is 1. The minimum atomic E-state index is -0.819. The van der Waals surface area contributed by atoms with Crippen molar-refractivity contribution in [1.29, 1.82) is 0 Å². The van der Waals surface area contributed by atoms with Crippen molar-refractivity contribution >= 4 is 11.7 Å². The molecule has 14 heavy (non-hydrogen) atoms. The standard InChI is InChI=1S/C10H11NO3/c1-14-7-2-3-8-6(4-7)5-9(11-8)10(12)13/h2-4,9,11H,5H2,1H3,(H,12,13)/t9-/m0/s1. The summed E-state index contributed by atoms with van der Waals surface area (Å²) in [4.78, 5) is 10.7. The fourth-order valence-corrected chi connectivity index (χ4v) is 1.61. The van der Waals surface area contributed by atoms with E-state index in [0.717, 1.165) is 17.0 Å². The number of hydrogen-bond donors (Lipinski definition) is 2. The number of aliphatic carboxylic acids is 1. The Labute approximate surface area is 81.5 Å². The Morgan fingerprint density at radius 2 is 2.43 bits per heavy atom. The van der Waals surface area contributed by atoms with Gasteiger partial charge in [0, 0.05) is 12.1 Å². The van der Waals surface area contributed by atoms with E-state index in [4.69, 9.17) is 9.84 Å². The molecule has 0 amide bonds. The van der Waals surface area contributed by atoms with E-state index in [1.807, 2.05) is 18.2 Å². The quantitative estimate of drug-likeness (QED) is 0.738. The van der Waals surface area contributed by atoms with Gasteiger partial charge in [-0.2, -0.15) is 0 Å². The molecule has 2 N–H and O–H groups in total. The number of ether oxygens (including phenoxy) is 1. The summed E-state index contributed by atoms with van der Waals surface area (Å²) < 4.78 is 5.06. The number of anilines is 1. The molecule has 0 unspecified atom stereocenters. The van der Waals surface area contributed by atoms with Gasteiger partial charge in [0.05, 0.1) is 7.11 Å². The summed E-state index contributed by atoms with van der Waals surface area (Å²) in [5.41, 5.74) is 1.88. The Balaban J connectivity index is 2.27. The van der Waals surface area contributed by atoms with Crippen LogP contribution in [0.2, 0.25) is 0 Å². The number of rotatable bonds is 2. The van der Waals surface area contributed by atoms with Crippen molar-refractivity contribution < 1.29 is 14.6 Å². The average Bonchev–Trinajstić information content (AvgIpc) is 2.59. The first-order chi connectivity index (χ1) is 6.70. The van der Waals surface area contributed by atoms with Crippen LogP contribution < -0.4 is 10.1 Å². The molecule has 4 heteroatoms. The van der Waals surface area contributed by atoms with Crippen LogP contribution in [-0.2, 0) is 11.2 Å². The third kappa shape index (κ3) is 1.39. The summed E-state index contributed by atoms with van der Waals surface area (Å²) in [7, 11) is 1.60. The average molecular weight is 193 g/mol. The van der Waals surface area contributed by atoms with E-state index in [2.05, 4.69) is 5.32 Å². The zero-order valence-electron chi connectivity index (χ0n) is 7.78. The Bertz CT molecular complexity index is 376. The number of carboxylic acid groups (broad SMARTS) is 1. The molecular formula is C10H11NO3. The maximum absolute atomic E-state index is 10.7. The van der Waals surface area contributed by atoms with Crippen LogP contribution in [-0.4, -0.2) is 24.2 Å². The molecule has 0 bridgehead atoms. The second-order valence-corrected chi connectivity index (χ2v) is 3.26. The largest absolute Gasteiger partial charge is 0.497 e. The van der Waals surface area contributed by atoms with Gasteiger partial charge in [0.25, 0.3) is 0 Å². The molecular weight excluding hydrogens is 182 g/mol. The van der Waals surface area contributed by atoms with E-state index in [1.54, 1.807) is 7.11 Å². The summed E-state index contributed by atoms with van der Waals surface area (Å²) in [6.07, 6.45) is 0.516. The molecule has 0 fully saturated rings. The summed E-state index contributed by atoms with van der Waals surface area (Å²) in [5.74, 6) is -0.0586. The zero-order chi connectivity index (χ0) is 10.1. The van der Waals surface area contributed by atoms with Crippen LogP contribution in [0.3, 0.4) is 0 Å². The summed E-state index contributed by atoms with van der Waals surface area (Å²) in [6.45, 7) is 0. The number of fused-ring (bicyclic) bond motifs is 1. The molecule has 0 spiro atoms. The van der Waals surface area contributed by atoms with Crippen LogP contribution in [0.25, 0.3) is 0 Å². The SMILES string of the molecule is COc1ccc2c(c1)C[C@@H](C(=O)O)N2. The molecule has 0 aliphatic carbocycles. The van der Waals surface area contributed by atoms with Crippen LogP contribution in [0.15, 0.2) is 18.2 Å². The first-order valence-electron chi connectivity index (χ1n) is 4.37. The third-order valence-corrected chi connectivity index (χ3v) is 2.36. The van der Waals surface area contributed by atoms with Crippen LogP contribution in [0.4, 0.5) is 5.69 Å². The van der Waals surface area contributed by atoms with Crippen molar-refractivity contribution in [2.75, 3.05) is 12.4 Å². The molecule has 74 valence electrons. The molecule has 2 rings (SSSR count). The zero-order valence-corrected chi connectivity index (χ0v) is 7.78. The number of benzene rings is 1. The monoisotopic (exact) mass is 193 g/mol. The molecule has 0 radical (unpaired) electrons. The van der Waals surface area contributed by atoms with Gasteiger partial charge in [0.1, 0.15) is 11.8 Å². The van der Waals surface area contributed by atoms with Gasteiger partial charge in [0.2, 0.25) is 0 Å². The van der Waals surface area contributed by atoms with Crippen molar-refractivity contribution in [1.82, 2.24) is 0 Å². The lowest BCUT2D eigenvalue weighted by atomic mass is 10.1. The van der Waals surface area contributed by atoms with Crippen LogP contribution in [0, 0.1) is 0 Å². The van der Waals surface area contributed by atoms with E-state index >= 15 is 0 Å². The van der Waals surface area contributed by atoms with Gasteiger partial charge in [-0.05, 0) is 23.8 Å². The predicted molar refractivity (Wildman–Crippen MR) is 51.7 cm³/mol. The predicted octanol–water partition coefficient (Wildman–Crippen LogP) is 1.12. The fraction of sp³-hybridized carbons (Fsp3) is 0.300. The molecule has 1 heterocycles. The van der Waals surface area contributed by atoms with Crippen molar-refractivity contribution in [2.45, 2.75) is 12.5 Å². The molecule has 1 aliphatic heterocycles. The molecule has 1 aromatic rings. The molecule has 1 aromatic carbocycles. The van der Waals surface area contributed by atoms with Gasteiger partial charge >= 0.3 is 5.97 Å². The minimum absolute atomic E-state index is 0.503. The Hall–Kier alpha value is -1.71. The van der Waals surface area contributed by atoms with E-state index in [-0.39, 0.29) is 0 Å². The maximum atomic E-state index is 10.7. The highest BCUT2D eigenvalue weighted by atomic mass is 16.5. The Morgan fingerprint density at radius 3 is 3.07 bits per heavy atom. The molecule has 0 saturated heterocycles. The number of carboxylic acids is 1. The highest BCUT2D eigenvalue weighted by molar-refractivity contribution is 5.81. The van der Waals surface area contributed by atoms with Crippen LogP contribution in [0.1, 0.15) is 5.56 Å². The highest BCUT2D eigenvalue weighted by Gasteiger charge is 2.26. The van der Waals surface area contributed by atoms with Gasteiger partial charge in [-0.15, -0.1) is 0 Å². The van der Waals surface area contributed by atoms with E-state index < -0.39 is 12.0 Å². The lowest BCUT2D eigenvalue weighted by molar-refractivity contribution is -0.137. The second-order valence-electron chi connectivity index (χ2n) is 3.26. The van der Waals surface area contributed by atoms with Crippen LogP contribution in [0.5, 0.6) is 5.75 Å². The Morgan fingerprint density at radius 1 is 1.64 bits per heavy atom. The lowest BCUT2D eigenvalue weighted by Crippen LogP contribution is -2.26. The van der Waals surface area contributed by atoms with Crippen molar-refractivity contribution in [2.24, 2.45) is 0 Å². The van der Waals surface area contributed by atoms with Gasteiger partial charge < -0.3 is 15.2 Å². The fourth-order valence-electron chi connectivity index (χ4n) is 1.61. The van der Waals surface area contributed by atoms with E-state index in [0.29, 0.717) is 6.42 Å². The van der Waals surface area contributed by atoms with E-state index in [1.165, 1.54) is 0 Å². The second kappa shape index (κ2) is 3.21. The highest BCUT2D eigenvalue weighted by Crippen LogP contribution is 2.29. The van der Waals surface area contributed by atoms with Gasteiger partial charge in [-0.3, -0.25) is 0 Å². The molecule has 0 aromatic heterocycles. The van der Waals surface area contributed by atoms with Crippen LogP contribution >= 0.6 is 0 Å². The molecule has 1 atom stereocenters. The number of carbonyl (C=O) groups is 1. The third-order valence-electron chi connectivity index (χ3n) is 2.36. The maximum Gasteiger partial charge on any atom is 0.326 e. The summed E-state index contributed by atoms with van der Waals surface area (Å²) in [6, 6.07) is 5.02. The van der Waals surface area contributed by atoms with E-state index in [9.17, 15) is 4.79 Å². The normalized spacial score (nSPS) is 18.5. The Kier molecular flexibility index (Phi) is 2.04. The van der Waals surface area contributed by atoms with Crippen molar-refractivity contribution in [3.05, 3.63) is 23.8 Å². The number of hydrogen-bond acceptors (Lipinski definition) is 3. The molecule has 1 aliphatic rings. The van der Waals surface area contributed by atoms with Gasteiger partial charge in [-0.25, -0.2) is 4.79 Å². The van der Waals surface area contributed by atoms with Gasteiger partial charge in [-0.1, -0.05) is 0 Å². The summed E-state index contributed by atoms with van der Waals surface area (Å²) in [5, 5.41) is 11.7. The topological polar surface area (TPSA) is 58.6 Å². The first kappa shape index (κ1) is 8.87. The molecule has 0 saturated carbocycles. The minimum Gasteiger partial charge on any atom is -0.497 e. The van der Waals surface area contributed by atoms with Gasteiger partial charge in [0.15, 0.2) is 0 Å². The smallest absolute Gasteiger partial charge is 0.326 e. The van der Waals surface area contributed by atoms with Crippen molar-refractivity contribution in [3.8, 4) is 5.75 Å². The number of methoxy groups -OCH3 is 1. The first-order valence-corrected chi connectivity index (χ1v) is 4.37. The van der Waals surface area contributed by atoms with Crippen molar-refractivity contribution in [3.63, 3.8) is 0 Å². The molecule has 4 nitrogen and oxygen atoms in total. The summed E-state index contributed by atoms with van der Waals surface area (Å²) >= 11 is 0. The lowest BCUT2D eigenvalue weighted by Gasteiger charge is -2.03.